The summed E-state index contributed by atoms with van der Waals surface area (Å²) in [5.41, 5.74) is 0. The summed E-state index contributed by atoms with van der Waals surface area (Å²) in [5.74, 6) is 1.16. The number of hydrogen-bond acceptors (Lipinski definition) is 3. The van der Waals surface area contributed by atoms with E-state index in [2.05, 4.69) is 52.4 Å². The topological polar surface area (TPSA) is 29.9 Å². The third-order valence-electron chi connectivity index (χ3n) is 2.86. The molecule has 0 bridgehead atoms. The molecule has 0 aliphatic rings. The third-order valence-corrected chi connectivity index (χ3v) is 3.74. The minimum absolute atomic E-state index is 0.451. The Morgan fingerprint density at radius 3 is 3.12 bits per heavy atom. The van der Waals surface area contributed by atoms with Crippen LogP contribution in [0.1, 0.15) is 30.6 Å². The molecule has 92 valence electrons. The molecule has 0 aromatic carbocycles. The van der Waals surface area contributed by atoms with Gasteiger partial charge in [0.2, 0.25) is 0 Å². The van der Waals surface area contributed by atoms with Crippen LogP contribution in [0.25, 0.3) is 0 Å². The number of hydrogen-bond donors (Lipinski definition) is 1. The molecule has 0 amide bonds. The van der Waals surface area contributed by atoms with E-state index >= 15 is 0 Å². The molecule has 2 aromatic rings. The number of nitrogens with one attached hydrogen (secondary N) is 1. The van der Waals surface area contributed by atoms with Gasteiger partial charge in [0.05, 0.1) is 0 Å². The van der Waals surface area contributed by atoms with Gasteiger partial charge in [0, 0.05) is 42.8 Å². The van der Waals surface area contributed by atoms with Crippen LogP contribution in [-0.4, -0.2) is 16.1 Å². The number of aromatic nitrogens is 2. The van der Waals surface area contributed by atoms with Gasteiger partial charge in [0.1, 0.15) is 5.82 Å². The van der Waals surface area contributed by atoms with E-state index in [0.717, 1.165) is 25.3 Å². The molecule has 4 heteroatoms. The van der Waals surface area contributed by atoms with Crippen LogP contribution < -0.4 is 5.32 Å². The van der Waals surface area contributed by atoms with Gasteiger partial charge in [-0.3, -0.25) is 0 Å². The Morgan fingerprint density at radius 1 is 1.53 bits per heavy atom. The fourth-order valence-electron chi connectivity index (χ4n) is 1.93. The average molecular weight is 249 g/mol. The van der Waals surface area contributed by atoms with Gasteiger partial charge in [-0.05, 0) is 18.4 Å². The Labute approximate surface area is 107 Å². The Morgan fingerprint density at radius 2 is 2.41 bits per heavy atom. The lowest BCUT2D eigenvalue weighted by atomic mass is 10.3. The van der Waals surface area contributed by atoms with Crippen molar-refractivity contribution in [2.45, 2.75) is 32.9 Å². The molecular weight excluding hydrogens is 230 g/mol. The predicted molar refractivity (Wildman–Crippen MR) is 72.3 cm³/mol. The Balaban J connectivity index is 1.83. The highest BCUT2D eigenvalue weighted by Gasteiger charge is 2.07. The summed E-state index contributed by atoms with van der Waals surface area (Å²) < 4.78 is 2.25. The van der Waals surface area contributed by atoms with Crippen LogP contribution in [0.2, 0.25) is 0 Å². The second-order valence-corrected chi connectivity index (χ2v) is 5.20. The maximum Gasteiger partial charge on any atom is 0.108 e. The van der Waals surface area contributed by atoms with E-state index in [0.29, 0.717) is 6.04 Å². The van der Waals surface area contributed by atoms with E-state index in [1.807, 2.05) is 6.20 Å². The van der Waals surface area contributed by atoms with Crippen LogP contribution >= 0.6 is 11.3 Å². The zero-order valence-corrected chi connectivity index (χ0v) is 11.2. The number of rotatable bonds is 6. The summed E-state index contributed by atoms with van der Waals surface area (Å²) in [6.07, 6.45) is 4.94. The van der Waals surface area contributed by atoms with Gasteiger partial charge < -0.3 is 9.88 Å². The highest BCUT2D eigenvalue weighted by atomic mass is 32.1. The van der Waals surface area contributed by atoms with E-state index in [4.69, 9.17) is 0 Å². The lowest BCUT2D eigenvalue weighted by Crippen LogP contribution is -2.23. The van der Waals surface area contributed by atoms with Crippen LogP contribution in [0.4, 0.5) is 0 Å². The minimum atomic E-state index is 0.451. The third kappa shape index (κ3) is 3.17. The SMILES string of the molecule is CCc1nccn1C(C)CNCc1cccs1. The van der Waals surface area contributed by atoms with Crippen LogP contribution in [0, 0.1) is 0 Å². The lowest BCUT2D eigenvalue weighted by molar-refractivity contribution is 0.480. The quantitative estimate of drug-likeness (QED) is 0.853. The molecule has 1 N–H and O–H groups in total. The number of aryl methyl sites for hydroxylation is 1. The molecule has 2 heterocycles. The minimum Gasteiger partial charge on any atom is -0.331 e. The molecule has 1 unspecified atom stereocenters. The summed E-state index contributed by atoms with van der Waals surface area (Å²) >= 11 is 1.80. The van der Waals surface area contributed by atoms with Gasteiger partial charge in [-0.15, -0.1) is 11.3 Å². The first-order valence-electron chi connectivity index (χ1n) is 6.06. The van der Waals surface area contributed by atoms with E-state index in [1.165, 1.54) is 4.88 Å². The number of imidazole rings is 1. The molecule has 0 fully saturated rings. The van der Waals surface area contributed by atoms with Crippen molar-refractivity contribution in [1.82, 2.24) is 14.9 Å². The lowest BCUT2D eigenvalue weighted by Gasteiger charge is -2.16. The predicted octanol–water partition coefficient (Wildman–Crippen LogP) is 2.86. The van der Waals surface area contributed by atoms with E-state index in [1.54, 1.807) is 11.3 Å². The van der Waals surface area contributed by atoms with E-state index in [9.17, 15) is 0 Å². The van der Waals surface area contributed by atoms with Crippen molar-refractivity contribution in [3.63, 3.8) is 0 Å². The maximum absolute atomic E-state index is 4.35. The monoisotopic (exact) mass is 249 g/mol. The summed E-state index contributed by atoms with van der Waals surface area (Å²) in [7, 11) is 0. The number of thiophene rings is 1. The van der Waals surface area contributed by atoms with Gasteiger partial charge in [0.15, 0.2) is 0 Å². The van der Waals surface area contributed by atoms with Crippen molar-refractivity contribution in [2.24, 2.45) is 0 Å². The van der Waals surface area contributed by atoms with Crippen LogP contribution in [0.15, 0.2) is 29.9 Å². The molecule has 0 radical (unpaired) electrons. The van der Waals surface area contributed by atoms with E-state index in [-0.39, 0.29) is 0 Å². The average Bonchev–Trinajstić information content (AvgIpc) is 2.99. The van der Waals surface area contributed by atoms with Gasteiger partial charge in [0.25, 0.3) is 0 Å². The molecule has 0 aliphatic carbocycles. The fourth-order valence-corrected chi connectivity index (χ4v) is 2.61. The van der Waals surface area contributed by atoms with Crippen LogP contribution in [-0.2, 0) is 13.0 Å². The molecule has 17 heavy (non-hydrogen) atoms. The van der Waals surface area contributed by atoms with Gasteiger partial charge in [-0.25, -0.2) is 4.98 Å². The summed E-state index contributed by atoms with van der Waals surface area (Å²) in [6, 6.07) is 4.71. The molecule has 0 saturated heterocycles. The zero-order chi connectivity index (χ0) is 12.1. The maximum atomic E-state index is 4.35. The smallest absolute Gasteiger partial charge is 0.108 e. The first kappa shape index (κ1) is 12.3. The normalized spacial score (nSPS) is 12.8. The molecule has 0 saturated carbocycles. The largest absolute Gasteiger partial charge is 0.331 e. The highest BCUT2D eigenvalue weighted by Crippen LogP contribution is 2.10. The van der Waals surface area contributed by atoms with Crippen LogP contribution in [0.5, 0.6) is 0 Å². The van der Waals surface area contributed by atoms with Gasteiger partial charge in [-0.2, -0.15) is 0 Å². The van der Waals surface area contributed by atoms with Crippen molar-refractivity contribution in [3.05, 3.63) is 40.6 Å². The molecule has 0 spiro atoms. The molecule has 0 aliphatic heterocycles. The van der Waals surface area contributed by atoms with Gasteiger partial charge >= 0.3 is 0 Å². The van der Waals surface area contributed by atoms with Crippen molar-refractivity contribution < 1.29 is 0 Å². The fraction of sp³-hybridized carbons (Fsp3) is 0.462. The highest BCUT2D eigenvalue weighted by molar-refractivity contribution is 7.09. The van der Waals surface area contributed by atoms with Crippen molar-refractivity contribution in [3.8, 4) is 0 Å². The van der Waals surface area contributed by atoms with Crippen molar-refractivity contribution >= 4 is 11.3 Å². The molecule has 1 atom stereocenters. The summed E-state index contributed by atoms with van der Waals surface area (Å²) in [5, 5.41) is 5.61. The van der Waals surface area contributed by atoms with Crippen molar-refractivity contribution in [2.75, 3.05) is 6.54 Å². The molecule has 3 nitrogen and oxygen atoms in total. The van der Waals surface area contributed by atoms with Gasteiger partial charge in [-0.1, -0.05) is 13.0 Å². The first-order valence-corrected chi connectivity index (χ1v) is 6.94. The Hall–Kier alpha value is -1.13. The summed E-state index contributed by atoms with van der Waals surface area (Å²) in [4.78, 5) is 5.74. The number of nitrogens with zero attached hydrogens (tertiary/aromatic N) is 2. The Kier molecular flexibility index (Phi) is 4.34. The standard InChI is InChI=1S/C13H19N3S/c1-3-13-15-6-7-16(13)11(2)9-14-10-12-5-4-8-17-12/h4-8,11,14H,3,9-10H2,1-2H3. The Bertz CT molecular complexity index is 433. The van der Waals surface area contributed by atoms with Crippen LogP contribution in [0.3, 0.4) is 0 Å². The van der Waals surface area contributed by atoms with Crippen molar-refractivity contribution in [1.29, 1.82) is 0 Å². The second kappa shape index (κ2) is 5.98. The first-order chi connectivity index (χ1) is 8.31. The van der Waals surface area contributed by atoms with E-state index < -0.39 is 0 Å². The molecule has 2 rings (SSSR count). The zero-order valence-electron chi connectivity index (χ0n) is 10.4. The summed E-state index contributed by atoms with van der Waals surface area (Å²) in [6.45, 7) is 6.30. The second-order valence-electron chi connectivity index (χ2n) is 4.16. The molecular formula is C13H19N3S. The molecule has 2 aromatic heterocycles.